The lowest BCUT2D eigenvalue weighted by molar-refractivity contribution is -0.119. The van der Waals surface area contributed by atoms with Crippen LogP contribution in [0.5, 0.6) is 0 Å². The van der Waals surface area contributed by atoms with E-state index in [2.05, 4.69) is 15.6 Å². The van der Waals surface area contributed by atoms with Crippen LogP contribution in [0.25, 0.3) is 11.3 Å². The van der Waals surface area contributed by atoms with E-state index in [0.29, 0.717) is 10.8 Å². The molecule has 0 aliphatic heterocycles. The molecule has 0 radical (unpaired) electrons. The van der Waals surface area contributed by atoms with Crippen LogP contribution >= 0.6 is 11.3 Å². The van der Waals surface area contributed by atoms with Crippen LogP contribution in [0.3, 0.4) is 0 Å². The van der Waals surface area contributed by atoms with Gasteiger partial charge < -0.3 is 15.4 Å². The predicted molar refractivity (Wildman–Crippen MR) is 97.7 cm³/mol. The molecule has 7 heteroatoms. The molecule has 1 heterocycles. The molecule has 1 aromatic heterocycles. The number of methoxy groups -OCH3 is 1. The molecule has 128 valence electrons. The number of ether oxygens (including phenoxy) is 1. The molecule has 0 saturated heterocycles. The summed E-state index contributed by atoms with van der Waals surface area (Å²) in [6, 6.07) is 13.5. The fraction of sp³-hybridized carbons (Fsp3) is 0.111. The molecule has 5 nitrogen and oxygen atoms in total. The minimum atomic E-state index is -0.280. The first-order chi connectivity index (χ1) is 12.1. The van der Waals surface area contributed by atoms with Crippen LogP contribution in [0.1, 0.15) is 0 Å². The Morgan fingerprint density at radius 1 is 1.20 bits per heavy atom. The van der Waals surface area contributed by atoms with Crippen molar-refractivity contribution in [3.05, 3.63) is 59.7 Å². The van der Waals surface area contributed by atoms with E-state index in [0.717, 1.165) is 16.9 Å². The lowest BCUT2D eigenvalue weighted by Crippen LogP contribution is -2.16. The molecular weight excluding hydrogens is 341 g/mol. The topological polar surface area (TPSA) is 63.2 Å². The second-order valence-electron chi connectivity index (χ2n) is 5.23. The van der Waals surface area contributed by atoms with Gasteiger partial charge in [0.05, 0.1) is 5.69 Å². The minimum Gasteiger partial charge on any atom is -0.375 e. The molecule has 0 aliphatic rings. The quantitative estimate of drug-likeness (QED) is 0.691. The predicted octanol–water partition coefficient (Wildman–Crippen LogP) is 4.28. The van der Waals surface area contributed by atoms with Crippen molar-refractivity contribution in [2.24, 2.45) is 0 Å². The molecule has 2 N–H and O–H groups in total. The zero-order chi connectivity index (χ0) is 17.6. The van der Waals surface area contributed by atoms with Crippen molar-refractivity contribution in [3.8, 4) is 11.3 Å². The Labute approximate surface area is 148 Å². The number of thiazole rings is 1. The fourth-order valence-electron chi connectivity index (χ4n) is 2.20. The number of rotatable bonds is 6. The maximum absolute atomic E-state index is 12.9. The summed E-state index contributed by atoms with van der Waals surface area (Å²) in [5.41, 5.74) is 3.12. The lowest BCUT2D eigenvalue weighted by atomic mass is 10.1. The summed E-state index contributed by atoms with van der Waals surface area (Å²) in [5, 5.41) is 8.53. The number of anilines is 3. The van der Waals surface area contributed by atoms with Gasteiger partial charge in [0, 0.05) is 29.4 Å². The number of carbonyl (C=O) groups excluding carboxylic acids is 1. The van der Waals surface area contributed by atoms with Crippen molar-refractivity contribution >= 4 is 33.8 Å². The van der Waals surface area contributed by atoms with Crippen molar-refractivity contribution < 1.29 is 13.9 Å². The Morgan fingerprint density at radius 3 is 2.76 bits per heavy atom. The first-order valence-electron chi connectivity index (χ1n) is 7.51. The van der Waals surface area contributed by atoms with E-state index in [1.54, 1.807) is 18.2 Å². The van der Waals surface area contributed by atoms with Gasteiger partial charge in [0.15, 0.2) is 5.13 Å². The van der Waals surface area contributed by atoms with Crippen LogP contribution in [-0.2, 0) is 9.53 Å². The van der Waals surface area contributed by atoms with E-state index in [9.17, 15) is 9.18 Å². The number of nitrogens with zero attached hydrogens (tertiary/aromatic N) is 1. The Hall–Kier alpha value is -2.77. The zero-order valence-electron chi connectivity index (χ0n) is 13.5. The number of nitrogens with one attached hydrogen (secondary N) is 2. The summed E-state index contributed by atoms with van der Waals surface area (Å²) in [4.78, 5) is 16.1. The van der Waals surface area contributed by atoms with E-state index in [1.807, 2.05) is 23.6 Å². The SMILES string of the molecule is COCC(=O)Nc1cccc(-c2csc(Nc3ccc(F)cc3)n2)c1. The summed E-state index contributed by atoms with van der Waals surface area (Å²) < 4.78 is 17.8. The van der Waals surface area contributed by atoms with Gasteiger partial charge in [0.25, 0.3) is 0 Å². The third-order valence-corrected chi connectivity index (χ3v) is 4.07. The van der Waals surface area contributed by atoms with E-state index in [-0.39, 0.29) is 18.3 Å². The summed E-state index contributed by atoms with van der Waals surface area (Å²) >= 11 is 1.45. The second-order valence-corrected chi connectivity index (χ2v) is 6.09. The van der Waals surface area contributed by atoms with Crippen molar-refractivity contribution in [3.63, 3.8) is 0 Å². The normalized spacial score (nSPS) is 10.5. The third-order valence-electron chi connectivity index (χ3n) is 3.32. The largest absolute Gasteiger partial charge is 0.375 e. The van der Waals surface area contributed by atoms with Crippen molar-refractivity contribution in [2.75, 3.05) is 24.4 Å². The highest BCUT2D eigenvalue weighted by atomic mass is 32.1. The number of hydrogen-bond donors (Lipinski definition) is 2. The number of aromatic nitrogens is 1. The fourth-order valence-corrected chi connectivity index (χ4v) is 2.94. The Bertz CT molecular complexity index is 865. The summed E-state index contributed by atoms with van der Waals surface area (Å²) in [6.07, 6.45) is 0. The molecule has 0 unspecified atom stereocenters. The van der Waals surface area contributed by atoms with Gasteiger partial charge in [0.1, 0.15) is 12.4 Å². The van der Waals surface area contributed by atoms with Crippen molar-refractivity contribution in [1.82, 2.24) is 4.98 Å². The van der Waals surface area contributed by atoms with E-state index >= 15 is 0 Å². The molecule has 0 aliphatic carbocycles. The first kappa shape index (κ1) is 17.1. The van der Waals surface area contributed by atoms with Crippen molar-refractivity contribution in [2.45, 2.75) is 0 Å². The maximum atomic E-state index is 12.9. The molecule has 3 rings (SSSR count). The van der Waals surface area contributed by atoms with Crippen LogP contribution in [-0.4, -0.2) is 24.6 Å². The molecule has 3 aromatic rings. The molecule has 25 heavy (non-hydrogen) atoms. The number of halogens is 1. The molecule has 0 bridgehead atoms. The van der Waals surface area contributed by atoms with Gasteiger partial charge >= 0.3 is 0 Å². The Morgan fingerprint density at radius 2 is 2.00 bits per heavy atom. The van der Waals surface area contributed by atoms with Crippen molar-refractivity contribution in [1.29, 1.82) is 0 Å². The zero-order valence-corrected chi connectivity index (χ0v) is 14.3. The molecule has 0 atom stereocenters. The Balaban J connectivity index is 1.73. The van der Waals surface area contributed by atoms with E-state index < -0.39 is 0 Å². The smallest absolute Gasteiger partial charge is 0.250 e. The highest BCUT2D eigenvalue weighted by molar-refractivity contribution is 7.14. The number of carbonyl (C=O) groups is 1. The Kier molecular flexibility index (Phi) is 5.37. The van der Waals surface area contributed by atoms with Crippen LogP contribution in [0.15, 0.2) is 53.9 Å². The van der Waals surface area contributed by atoms with Gasteiger partial charge in [-0.1, -0.05) is 12.1 Å². The molecule has 0 fully saturated rings. The summed E-state index contributed by atoms with van der Waals surface area (Å²) in [7, 11) is 1.47. The molecule has 2 aromatic carbocycles. The van der Waals surface area contributed by atoms with Gasteiger partial charge in [0.2, 0.25) is 5.91 Å². The van der Waals surface area contributed by atoms with E-state index in [4.69, 9.17) is 4.74 Å². The number of hydrogen-bond acceptors (Lipinski definition) is 5. The van der Waals surface area contributed by atoms with Crippen LogP contribution < -0.4 is 10.6 Å². The lowest BCUT2D eigenvalue weighted by Gasteiger charge is -2.06. The average Bonchev–Trinajstić information content (AvgIpc) is 3.06. The van der Waals surface area contributed by atoms with Gasteiger partial charge in [-0.25, -0.2) is 9.37 Å². The summed E-state index contributed by atoms with van der Waals surface area (Å²) in [5.74, 6) is -0.491. The van der Waals surface area contributed by atoms with Gasteiger partial charge in [-0.2, -0.15) is 0 Å². The number of amides is 1. The van der Waals surface area contributed by atoms with E-state index in [1.165, 1.54) is 30.6 Å². The second kappa shape index (κ2) is 7.87. The molecular formula is C18H16FN3O2S. The van der Waals surface area contributed by atoms with Gasteiger partial charge in [-0.15, -0.1) is 11.3 Å². The molecule has 0 spiro atoms. The van der Waals surface area contributed by atoms with Crippen LogP contribution in [0.2, 0.25) is 0 Å². The third kappa shape index (κ3) is 4.62. The van der Waals surface area contributed by atoms with Crippen LogP contribution in [0.4, 0.5) is 20.9 Å². The van der Waals surface area contributed by atoms with Gasteiger partial charge in [-0.05, 0) is 36.4 Å². The summed E-state index contributed by atoms with van der Waals surface area (Å²) in [6.45, 7) is 0.00661. The highest BCUT2D eigenvalue weighted by Crippen LogP contribution is 2.28. The van der Waals surface area contributed by atoms with Crippen LogP contribution in [0, 0.1) is 5.82 Å². The number of benzene rings is 2. The van der Waals surface area contributed by atoms with Gasteiger partial charge in [-0.3, -0.25) is 4.79 Å². The highest BCUT2D eigenvalue weighted by Gasteiger charge is 2.07. The average molecular weight is 357 g/mol. The first-order valence-corrected chi connectivity index (χ1v) is 8.39. The standard InChI is InChI=1S/C18H16FN3O2S/c1-24-10-17(23)20-15-4-2-3-12(9-15)16-11-25-18(22-16)21-14-7-5-13(19)6-8-14/h2-9,11H,10H2,1H3,(H,20,23)(H,21,22). The monoisotopic (exact) mass is 357 g/mol. The maximum Gasteiger partial charge on any atom is 0.250 e. The molecule has 1 amide bonds. The molecule has 0 saturated carbocycles. The minimum absolute atomic E-state index is 0.00661.